The van der Waals surface area contributed by atoms with Crippen molar-refractivity contribution in [2.45, 2.75) is 57.2 Å². The fraction of sp³-hybridized carbons (Fsp3) is 0.462. The molecule has 2 aromatic carbocycles. The van der Waals surface area contributed by atoms with E-state index in [0.717, 1.165) is 0 Å². The average Bonchev–Trinajstić information content (AvgIpc) is 2.76. The summed E-state index contributed by atoms with van der Waals surface area (Å²) in [5.74, 6) is -0.751. The number of hydrogen-bond donors (Lipinski definition) is 2. The van der Waals surface area contributed by atoms with Gasteiger partial charge in [0.25, 0.3) is 0 Å². The summed E-state index contributed by atoms with van der Waals surface area (Å²) < 4.78 is 27.0. The Hall–Kier alpha value is -3.13. The Morgan fingerprint density at radius 2 is 1.97 bits per heavy atom. The predicted molar refractivity (Wildman–Crippen MR) is 125 cm³/mol. The molecule has 0 radical (unpaired) electrons. The first-order valence-corrected chi connectivity index (χ1v) is 11.5. The van der Waals surface area contributed by atoms with Gasteiger partial charge in [0.2, 0.25) is 5.91 Å². The molecule has 2 N–H and O–H groups in total. The molecule has 4 rings (SSSR count). The Morgan fingerprint density at radius 3 is 2.68 bits per heavy atom. The van der Waals surface area contributed by atoms with Crippen LogP contribution in [0.3, 0.4) is 0 Å². The quantitative estimate of drug-likeness (QED) is 0.707. The summed E-state index contributed by atoms with van der Waals surface area (Å²) in [6.45, 7) is 5.99. The van der Waals surface area contributed by atoms with E-state index in [1.54, 1.807) is 62.1 Å². The summed E-state index contributed by atoms with van der Waals surface area (Å²) in [7, 11) is 0. The molecule has 34 heavy (non-hydrogen) atoms. The molecule has 0 aliphatic carbocycles. The van der Waals surface area contributed by atoms with Crippen LogP contribution in [0.2, 0.25) is 0 Å². The summed E-state index contributed by atoms with van der Waals surface area (Å²) in [5.41, 5.74) is -0.511. The summed E-state index contributed by atoms with van der Waals surface area (Å²) in [6.07, 6.45) is 0.896. The third-order valence-corrected chi connectivity index (χ3v) is 6.33. The lowest BCUT2D eigenvalue weighted by Gasteiger charge is -2.51. The molecule has 0 bridgehead atoms. The minimum atomic E-state index is -0.845. The van der Waals surface area contributed by atoms with E-state index >= 15 is 4.39 Å². The van der Waals surface area contributed by atoms with Gasteiger partial charge in [0.05, 0.1) is 18.2 Å². The van der Waals surface area contributed by atoms with Gasteiger partial charge in [-0.3, -0.25) is 4.79 Å². The SMILES string of the molecule is CC(C)(C)OC(=O)N1CCC[C@@]2(COCC(=O)N2)[C@@H]1Cc1cccc(-c2ccccc2O)c1F. The molecule has 2 fully saturated rings. The second-order valence-electron chi connectivity index (χ2n) is 9.99. The predicted octanol–water partition coefficient (Wildman–Crippen LogP) is 4.03. The Kier molecular flexibility index (Phi) is 6.53. The molecule has 2 atom stereocenters. The van der Waals surface area contributed by atoms with E-state index in [9.17, 15) is 14.7 Å². The van der Waals surface area contributed by atoms with Crippen LogP contribution in [-0.4, -0.2) is 58.9 Å². The fourth-order valence-corrected chi connectivity index (χ4v) is 4.88. The number of carbonyl (C=O) groups is 2. The maximum Gasteiger partial charge on any atom is 0.410 e. The molecule has 2 aromatic rings. The Bertz CT molecular complexity index is 1080. The molecule has 8 heteroatoms. The molecule has 182 valence electrons. The number of phenols is 1. The molecule has 0 saturated carbocycles. The standard InChI is InChI=1S/C26H31FN2O5/c1-25(2,3)34-24(32)29-13-7-12-26(16-33-15-22(31)28-26)21(29)14-17-8-6-10-19(23(17)27)18-9-4-5-11-20(18)30/h4-6,8-11,21,30H,7,12-16H2,1-3H3,(H,28,31)/t21-,26+/m0/s1. The number of amides is 2. The number of halogens is 1. The number of carbonyl (C=O) groups excluding carboxylic acids is 2. The zero-order chi connectivity index (χ0) is 24.5. The number of rotatable bonds is 3. The second kappa shape index (κ2) is 9.25. The molecule has 2 heterocycles. The Labute approximate surface area is 198 Å². The molecule has 2 aliphatic heterocycles. The first-order valence-electron chi connectivity index (χ1n) is 11.5. The lowest BCUT2D eigenvalue weighted by molar-refractivity contribution is -0.141. The molecule has 2 amide bonds. The number of aromatic hydroxyl groups is 1. The Balaban J connectivity index is 1.73. The zero-order valence-corrected chi connectivity index (χ0v) is 19.8. The molecular weight excluding hydrogens is 439 g/mol. The number of likely N-dealkylation sites (tertiary alicyclic amines) is 1. The first-order chi connectivity index (χ1) is 16.1. The number of piperidine rings is 1. The van der Waals surface area contributed by atoms with Crippen LogP contribution in [0, 0.1) is 5.82 Å². The van der Waals surface area contributed by atoms with Gasteiger partial charge in [-0.25, -0.2) is 9.18 Å². The van der Waals surface area contributed by atoms with Crippen molar-refractivity contribution in [1.29, 1.82) is 0 Å². The number of phenolic OH excluding ortho intramolecular Hbond substituents is 1. The van der Waals surface area contributed by atoms with Crippen molar-refractivity contribution in [3.63, 3.8) is 0 Å². The van der Waals surface area contributed by atoms with Gasteiger partial charge >= 0.3 is 6.09 Å². The number of morpholine rings is 1. The van der Waals surface area contributed by atoms with Crippen molar-refractivity contribution < 1.29 is 28.6 Å². The molecule has 2 aliphatic rings. The lowest BCUT2D eigenvalue weighted by atomic mass is 9.77. The second-order valence-corrected chi connectivity index (χ2v) is 9.99. The summed E-state index contributed by atoms with van der Waals surface area (Å²) >= 11 is 0. The van der Waals surface area contributed by atoms with E-state index in [-0.39, 0.29) is 36.9 Å². The van der Waals surface area contributed by atoms with Crippen LogP contribution in [0.25, 0.3) is 11.1 Å². The minimum Gasteiger partial charge on any atom is -0.507 e. The van der Waals surface area contributed by atoms with Crippen molar-refractivity contribution in [2.75, 3.05) is 19.8 Å². The third-order valence-electron chi connectivity index (χ3n) is 6.33. The van der Waals surface area contributed by atoms with Gasteiger partial charge in [-0.15, -0.1) is 0 Å². The molecule has 0 unspecified atom stereocenters. The van der Waals surface area contributed by atoms with Crippen LogP contribution in [0.5, 0.6) is 5.75 Å². The largest absolute Gasteiger partial charge is 0.507 e. The van der Waals surface area contributed by atoms with Crippen molar-refractivity contribution in [2.24, 2.45) is 0 Å². The molecule has 2 saturated heterocycles. The Morgan fingerprint density at radius 1 is 1.24 bits per heavy atom. The van der Waals surface area contributed by atoms with Crippen LogP contribution < -0.4 is 5.32 Å². The van der Waals surface area contributed by atoms with Crippen LogP contribution in [-0.2, 0) is 20.7 Å². The van der Waals surface area contributed by atoms with E-state index in [2.05, 4.69) is 5.32 Å². The number of ether oxygens (including phenoxy) is 2. The molecule has 7 nitrogen and oxygen atoms in total. The smallest absolute Gasteiger partial charge is 0.410 e. The minimum absolute atomic E-state index is 0.0176. The maximum atomic E-state index is 15.8. The van der Waals surface area contributed by atoms with Gasteiger partial charge in [0, 0.05) is 17.7 Å². The third kappa shape index (κ3) is 4.87. The molecule has 1 spiro atoms. The summed E-state index contributed by atoms with van der Waals surface area (Å²) in [6, 6.07) is 11.0. The van der Waals surface area contributed by atoms with Crippen LogP contribution in [0.1, 0.15) is 39.2 Å². The van der Waals surface area contributed by atoms with E-state index in [4.69, 9.17) is 9.47 Å². The number of hydrogen-bond acceptors (Lipinski definition) is 5. The van der Waals surface area contributed by atoms with Gasteiger partial charge in [-0.05, 0) is 51.7 Å². The average molecular weight is 471 g/mol. The van der Waals surface area contributed by atoms with E-state index in [0.29, 0.717) is 30.5 Å². The lowest BCUT2D eigenvalue weighted by Crippen LogP contribution is -2.71. The normalized spacial score (nSPS) is 23.0. The number of para-hydroxylation sites is 1. The van der Waals surface area contributed by atoms with Crippen LogP contribution in [0.4, 0.5) is 9.18 Å². The van der Waals surface area contributed by atoms with Gasteiger partial charge in [-0.1, -0.05) is 36.4 Å². The fourth-order valence-electron chi connectivity index (χ4n) is 4.88. The van der Waals surface area contributed by atoms with Crippen molar-refractivity contribution in [1.82, 2.24) is 10.2 Å². The van der Waals surface area contributed by atoms with E-state index in [1.165, 1.54) is 6.07 Å². The number of benzene rings is 2. The highest BCUT2D eigenvalue weighted by Crippen LogP contribution is 2.36. The summed E-state index contributed by atoms with van der Waals surface area (Å²) in [4.78, 5) is 27.1. The topological polar surface area (TPSA) is 88.1 Å². The maximum absolute atomic E-state index is 15.8. The van der Waals surface area contributed by atoms with Crippen molar-refractivity contribution in [3.05, 3.63) is 53.8 Å². The van der Waals surface area contributed by atoms with Gasteiger partial charge in [0.1, 0.15) is 23.8 Å². The zero-order valence-electron chi connectivity index (χ0n) is 19.8. The van der Waals surface area contributed by atoms with Crippen LogP contribution >= 0.6 is 0 Å². The highest BCUT2D eigenvalue weighted by molar-refractivity contribution is 5.79. The number of nitrogens with one attached hydrogen (secondary N) is 1. The van der Waals surface area contributed by atoms with Crippen molar-refractivity contribution in [3.8, 4) is 16.9 Å². The van der Waals surface area contributed by atoms with Gasteiger partial charge < -0.3 is 24.8 Å². The van der Waals surface area contributed by atoms with Crippen molar-refractivity contribution >= 4 is 12.0 Å². The van der Waals surface area contributed by atoms with Crippen LogP contribution in [0.15, 0.2) is 42.5 Å². The molecular formula is C26H31FN2O5. The van der Waals surface area contributed by atoms with E-state index in [1.807, 2.05) is 0 Å². The number of nitrogens with zero attached hydrogens (tertiary/aromatic N) is 1. The highest BCUT2D eigenvalue weighted by Gasteiger charge is 2.50. The van der Waals surface area contributed by atoms with Gasteiger partial charge in [0.15, 0.2) is 0 Å². The first kappa shape index (κ1) is 24.0. The van der Waals surface area contributed by atoms with E-state index < -0.39 is 29.1 Å². The molecule has 0 aromatic heterocycles. The van der Waals surface area contributed by atoms with Gasteiger partial charge in [-0.2, -0.15) is 0 Å². The highest BCUT2D eigenvalue weighted by atomic mass is 19.1. The monoisotopic (exact) mass is 470 g/mol. The summed E-state index contributed by atoms with van der Waals surface area (Å²) in [5, 5.41) is 13.3.